The Morgan fingerprint density at radius 1 is 1.25 bits per heavy atom. The zero-order valence-corrected chi connectivity index (χ0v) is 13.2. The number of hydrogen-bond donors (Lipinski definition) is 1. The Kier molecular flexibility index (Phi) is 4.40. The van der Waals surface area contributed by atoms with Gasteiger partial charge < -0.3 is 10.2 Å². The second-order valence-electron chi connectivity index (χ2n) is 7.61. The van der Waals surface area contributed by atoms with Crippen molar-refractivity contribution in [3.05, 3.63) is 0 Å². The molecule has 4 nitrogen and oxygen atoms in total. The van der Waals surface area contributed by atoms with Crippen LogP contribution in [0.5, 0.6) is 0 Å². The quantitative estimate of drug-likeness (QED) is 0.862. The zero-order valence-electron chi connectivity index (χ0n) is 13.2. The van der Waals surface area contributed by atoms with E-state index in [0.717, 1.165) is 32.1 Å². The van der Waals surface area contributed by atoms with Crippen LogP contribution < -0.4 is 5.32 Å². The van der Waals surface area contributed by atoms with Crippen molar-refractivity contribution >= 4 is 11.8 Å². The molecule has 2 aliphatic rings. The van der Waals surface area contributed by atoms with Crippen LogP contribution in [0.3, 0.4) is 0 Å². The molecule has 1 aliphatic heterocycles. The molecule has 1 N–H and O–H groups in total. The lowest BCUT2D eigenvalue weighted by atomic mass is 9.75. The third kappa shape index (κ3) is 3.53. The Hall–Kier alpha value is -1.06. The van der Waals surface area contributed by atoms with E-state index in [4.69, 9.17) is 0 Å². The van der Waals surface area contributed by atoms with Crippen LogP contribution in [-0.4, -0.2) is 35.3 Å². The van der Waals surface area contributed by atoms with E-state index in [1.807, 2.05) is 4.90 Å². The number of nitrogens with zero attached hydrogens (tertiary/aromatic N) is 1. The van der Waals surface area contributed by atoms with Gasteiger partial charge >= 0.3 is 0 Å². The molecule has 0 aromatic heterocycles. The molecular formula is C16H28N2O2. The fourth-order valence-corrected chi connectivity index (χ4v) is 3.37. The van der Waals surface area contributed by atoms with Crippen LogP contribution >= 0.6 is 0 Å². The van der Waals surface area contributed by atoms with Crippen molar-refractivity contribution < 1.29 is 9.59 Å². The van der Waals surface area contributed by atoms with E-state index in [0.29, 0.717) is 11.3 Å². The second kappa shape index (κ2) is 5.74. The minimum absolute atomic E-state index is 0.0000775. The first-order chi connectivity index (χ1) is 9.28. The van der Waals surface area contributed by atoms with Crippen LogP contribution in [0.2, 0.25) is 0 Å². The highest BCUT2D eigenvalue weighted by molar-refractivity contribution is 5.95. The molecule has 0 aromatic rings. The highest BCUT2D eigenvalue weighted by atomic mass is 16.2. The fraction of sp³-hybridized carbons (Fsp3) is 0.875. The summed E-state index contributed by atoms with van der Waals surface area (Å²) in [5, 5.41) is 2.85. The number of nitrogens with one attached hydrogen (secondary N) is 1. The lowest BCUT2D eigenvalue weighted by Gasteiger charge is -2.43. The van der Waals surface area contributed by atoms with Gasteiger partial charge in [0.1, 0.15) is 6.04 Å². The summed E-state index contributed by atoms with van der Waals surface area (Å²) < 4.78 is 0. The van der Waals surface area contributed by atoms with E-state index in [1.54, 1.807) is 0 Å². The molecule has 2 fully saturated rings. The highest BCUT2D eigenvalue weighted by Gasteiger charge is 2.39. The Labute approximate surface area is 122 Å². The Bertz CT molecular complexity index is 380. The van der Waals surface area contributed by atoms with Gasteiger partial charge in [0.05, 0.1) is 6.54 Å². The molecule has 114 valence electrons. The third-order valence-corrected chi connectivity index (χ3v) is 4.69. The first-order valence-electron chi connectivity index (χ1n) is 7.88. The lowest BCUT2D eigenvalue weighted by molar-refractivity contribution is -0.148. The van der Waals surface area contributed by atoms with E-state index in [-0.39, 0.29) is 30.4 Å². The van der Waals surface area contributed by atoms with Crippen molar-refractivity contribution in [1.82, 2.24) is 10.2 Å². The average Bonchev–Trinajstić information content (AvgIpc) is 2.33. The van der Waals surface area contributed by atoms with Crippen LogP contribution in [0.1, 0.15) is 59.8 Å². The van der Waals surface area contributed by atoms with Gasteiger partial charge in [-0.25, -0.2) is 0 Å². The summed E-state index contributed by atoms with van der Waals surface area (Å²) in [6.07, 6.45) is 5.07. The molecule has 0 spiro atoms. The monoisotopic (exact) mass is 280 g/mol. The van der Waals surface area contributed by atoms with Crippen LogP contribution in [-0.2, 0) is 9.59 Å². The maximum Gasteiger partial charge on any atom is 0.245 e. The number of hydrogen-bond acceptors (Lipinski definition) is 2. The number of carbonyl (C=O) groups is 2. The molecular weight excluding hydrogens is 252 g/mol. The molecule has 4 heteroatoms. The maximum absolute atomic E-state index is 12.6. The topological polar surface area (TPSA) is 49.4 Å². The number of carbonyl (C=O) groups excluding carboxylic acids is 2. The van der Waals surface area contributed by atoms with Crippen molar-refractivity contribution in [2.75, 3.05) is 6.54 Å². The maximum atomic E-state index is 12.6. The van der Waals surface area contributed by atoms with E-state index in [2.05, 4.69) is 33.0 Å². The van der Waals surface area contributed by atoms with Gasteiger partial charge in [-0.3, -0.25) is 9.59 Å². The smallest absolute Gasteiger partial charge is 0.245 e. The number of amides is 2. The van der Waals surface area contributed by atoms with Crippen LogP contribution in [0, 0.1) is 11.3 Å². The predicted molar refractivity (Wildman–Crippen MR) is 79.1 cm³/mol. The summed E-state index contributed by atoms with van der Waals surface area (Å²) in [6, 6.07) is -0.0533. The molecule has 20 heavy (non-hydrogen) atoms. The molecule has 1 atom stereocenters. The van der Waals surface area contributed by atoms with Gasteiger partial charge in [-0.15, -0.1) is 0 Å². The molecule has 0 bridgehead atoms. The van der Waals surface area contributed by atoms with Crippen LogP contribution in [0.15, 0.2) is 0 Å². The van der Waals surface area contributed by atoms with Crippen LogP contribution in [0.4, 0.5) is 0 Å². The van der Waals surface area contributed by atoms with Crippen molar-refractivity contribution in [3.8, 4) is 0 Å². The molecule has 0 radical (unpaired) electrons. The van der Waals surface area contributed by atoms with Gasteiger partial charge in [0, 0.05) is 6.04 Å². The summed E-state index contributed by atoms with van der Waals surface area (Å²) in [7, 11) is 0. The molecule has 1 saturated carbocycles. The summed E-state index contributed by atoms with van der Waals surface area (Å²) in [4.78, 5) is 26.3. The Morgan fingerprint density at radius 2 is 1.85 bits per heavy atom. The molecule has 1 heterocycles. The Morgan fingerprint density at radius 3 is 2.40 bits per heavy atom. The molecule has 1 aliphatic carbocycles. The Balaban J connectivity index is 2.03. The number of piperazine rings is 1. The highest BCUT2D eigenvalue weighted by Crippen LogP contribution is 2.37. The van der Waals surface area contributed by atoms with Crippen molar-refractivity contribution in [1.29, 1.82) is 0 Å². The van der Waals surface area contributed by atoms with Crippen molar-refractivity contribution in [2.45, 2.75) is 71.9 Å². The average molecular weight is 280 g/mol. The summed E-state index contributed by atoms with van der Waals surface area (Å²) in [6.45, 7) is 8.99. The lowest BCUT2D eigenvalue weighted by Crippen LogP contribution is -2.61. The first kappa shape index (κ1) is 15.3. The molecule has 0 aromatic carbocycles. The van der Waals surface area contributed by atoms with Gasteiger partial charge in [-0.1, -0.05) is 27.7 Å². The van der Waals surface area contributed by atoms with Crippen molar-refractivity contribution in [2.24, 2.45) is 11.3 Å². The standard InChI is InChI=1S/C16H28N2O2/c1-11(2)9-13-15(20)18(10-14(19)17-13)12-5-7-16(3,4)8-6-12/h11-13H,5-10H2,1-4H3,(H,17,19). The van der Waals surface area contributed by atoms with Gasteiger partial charge in [-0.05, 0) is 43.4 Å². The largest absolute Gasteiger partial charge is 0.343 e. The SMILES string of the molecule is CC(C)CC1NC(=O)CN(C2CCC(C)(C)CC2)C1=O. The fourth-order valence-electron chi connectivity index (χ4n) is 3.37. The first-order valence-corrected chi connectivity index (χ1v) is 7.88. The van der Waals surface area contributed by atoms with E-state index in [1.165, 1.54) is 0 Å². The summed E-state index contributed by atoms with van der Waals surface area (Å²) in [5.74, 6) is 0.539. The minimum atomic E-state index is -0.314. The minimum Gasteiger partial charge on any atom is -0.343 e. The number of rotatable bonds is 3. The van der Waals surface area contributed by atoms with Gasteiger partial charge in [-0.2, -0.15) is 0 Å². The molecule has 1 unspecified atom stereocenters. The van der Waals surface area contributed by atoms with Crippen molar-refractivity contribution in [3.63, 3.8) is 0 Å². The van der Waals surface area contributed by atoms with Gasteiger partial charge in [0.2, 0.25) is 11.8 Å². The second-order valence-corrected chi connectivity index (χ2v) is 7.61. The predicted octanol–water partition coefficient (Wildman–Crippen LogP) is 2.33. The molecule has 2 rings (SSSR count). The van der Waals surface area contributed by atoms with Gasteiger partial charge in [0.25, 0.3) is 0 Å². The summed E-state index contributed by atoms with van der Waals surface area (Å²) in [5.41, 5.74) is 0.384. The van der Waals surface area contributed by atoms with E-state index < -0.39 is 0 Å². The summed E-state index contributed by atoms with van der Waals surface area (Å²) >= 11 is 0. The molecule has 1 saturated heterocycles. The van der Waals surface area contributed by atoms with Gasteiger partial charge in [0.15, 0.2) is 0 Å². The van der Waals surface area contributed by atoms with Crippen LogP contribution in [0.25, 0.3) is 0 Å². The third-order valence-electron chi connectivity index (χ3n) is 4.69. The van der Waals surface area contributed by atoms with E-state index in [9.17, 15) is 9.59 Å². The normalized spacial score (nSPS) is 27.9. The van der Waals surface area contributed by atoms with E-state index >= 15 is 0 Å². The zero-order chi connectivity index (χ0) is 14.9. The molecule has 2 amide bonds.